The van der Waals surface area contributed by atoms with Crippen LogP contribution in [0.5, 0.6) is 0 Å². The lowest BCUT2D eigenvalue weighted by Gasteiger charge is -2.22. The average molecular weight is 483 g/mol. The van der Waals surface area contributed by atoms with Gasteiger partial charge in [-0.15, -0.1) is 0 Å². The van der Waals surface area contributed by atoms with Crippen molar-refractivity contribution in [2.45, 2.75) is 26.8 Å². The van der Waals surface area contributed by atoms with Crippen molar-refractivity contribution in [1.82, 2.24) is 19.7 Å². The van der Waals surface area contributed by atoms with E-state index in [1.54, 1.807) is 21.8 Å². The third-order valence-electron chi connectivity index (χ3n) is 5.70. The number of amides is 1. The van der Waals surface area contributed by atoms with Crippen LogP contribution < -0.4 is 5.73 Å². The van der Waals surface area contributed by atoms with Gasteiger partial charge < -0.3 is 15.5 Å². The van der Waals surface area contributed by atoms with E-state index in [1.165, 1.54) is 5.56 Å². The minimum atomic E-state index is -0.209. The fourth-order valence-electron chi connectivity index (χ4n) is 3.83. The summed E-state index contributed by atoms with van der Waals surface area (Å²) in [5, 5.41) is 8.38. The number of hydrogen-bond donors (Lipinski definition) is 1. The van der Waals surface area contributed by atoms with Crippen LogP contribution in [-0.4, -0.2) is 44.6 Å². The van der Waals surface area contributed by atoms with Gasteiger partial charge in [-0.3, -0.25) is 4.79 Å². The van der Waals surface area contributed by atoms with E-state index in [2.05, 4.69) is 27.4 Å². The zero-order valence-electron chi connectivity index (χ0n) is 20.5. The zero-order valence-corrected chi connectivity index (χ0v) is 20.5. The van der Waals surface area contributed by atoms with E-state index in [0.717, 1.165) is 23.4 Å². The second-order valence-corrected chi connectivity index (χ2v) is 8.53. The van der Waals surface area contributed by atoms with Crippen molar-refractivity contribution in [3.8, 4) is 5.82 Å². The van der Waals surface area contributed by atoms with Crippen LogP contribution in [0.2, 0.25) is 0 Å². The molecule has 0 bridgehead atoms. The summed E-state index contributed by atoms with van der Waals surface area (Å²) in [6.45, 7) is 4.76. The van der Waals surface area contributed by atoms with Crippen molar-refractivity contribution >= 4 is 11.7 Å². The van der Waals surface area contributed by atoms with Gasteiger partial charge in [0.25, 0.3) is 5.91 Å². The maximum Gasteiger partial charge on any atom is 0.263 e. The second kappa shape index (κ2) is 11.8. The van der Waals surface area contributed by atoms with Crippen LogP contribution in [0.3, 0.4) is 0 Å². The van der Waals surface area contributed by atoms with Crippen molar-refractivity contribution in [3.63, 3.8) is 0 Å². The predicted molar refractivity (Wildman–Crippen MR) is 140 cm³/mol. The zero-order chi connectivity index (χ0) is 25.3. The van der Waals surface area contributed by atoms with Crippen molar-refractivity contribution in [2.75, 3.05) is 13.2 Å². The SMILES string of the molecule is Cc1cc(C)n(-c2ccc(/C(N)=N/OCC(=O)N(CCc3ccccc3)Cc3ccccc3)cn2)n1. The number of carbonyl (C=O) groups excluding carboxylic acids is 1. The van der Waals surface area contributed by atoms with E-state index < -0.39 is 0 Å². The lowest BCUT2D eigenvalue weighted by atomic mass is 10.1. The minimum Gasteiger partial charge on any atom is -0.384 e. The van der Waals surface area contributed by atoms with Gasteiger partial charge in [0.15, 0.2) is 18.3 Å². The Balaban J connectivity index is 1.37. The third kappa shape index (κ3) is 6.56. The summed E-state index contributed by atoms with van der Waals surface area (Å²) < 4.78 is 1.76. The molecular weight excluding hydrogens is 452 g/mol. The van der Waals surface area contributed by atoms with Crippen LogP contribution in [0.1, 0.15) is 28.1 Å². The number of aromatic nitrogens is 3. The monoisotopic (exact) mass is 482 g/mol. The first-order valence-electron chi connectivity index (χ1n) is 11.8. The molecule has 36 heavy (non-hydrogen) atoms. The summed E-state index contributed by atoms with van der Waals surface area (Å²) in [5.74, 6) is 0.668. The second-order valence-electron chi connectivity index (χ2n) is 8.53. The van der Waals surface area contributed by atoms with Crippen LogP contribution >= 0.6 is 0 Å². The Labute approximate surface area is 211 Å². The number of aryl methyl sites for hydroxylation is 2. The first-order chi connectivity index (χ1) is 17.5. The highest BCUT2D eigenvalue weighted by molar-refractivity contribution is 5.96. The molecule has 0 aliphatic carbocycles. The molecule has 2 aromatic carbocycles. The first kappa shape index (κ1) is 24.7. The van der Waals surface area contributed by atoms with Gasteiger partial charge in [0.2, 0.25) is 0 Å². The summed E-state index contributed by atoms with van der Waals surface area (Å²) in [6, 6.07) is 25.6. The fourth-order valence-corrected chi connectivity index (χ4v) is 3.83. The topological polar surface area (TPSA) is 98.6 Å². The smallest absolute Gasteiger partial charge is 0.263 e. The molecule has 2 N–H and O–H groups in total. The number of hydrogen-bond acceptors (Lipinski definition) is 5. The third-order valence-corrected chi connectivity index (χ3v) is 5.70. The Morgan fingerprint density at radius 2 is 1.69 bits per heavy atom. The summed E-state index contributed by atoms with van der Waals surface area (Å²) in [4.78, 5) is 24.5. The van der Waals surface area contributed by atoms with Crippen LogP contribution in [-0.2, 0) is 22.6 Å². The molecule has 0 saturated heterocycles. The van der Waals surface area contributed by atoms with E-state index in [4.69, 9.17) is 10.6 Å². The predicted octanol–water partition coefficient (Wildman–Crippen LogP) is 3.79. The Morgan fingerprint density at radius 3 is 2.31 bits per heavy atom. The number of nitrogens with zero attached hydrogens (tertiary/aromatic N) is 5. The maximum atomic E-state index is 13.0. The summed E-state index contributed by atoms with van der Waals surface area (Å²) in [7, 11) is 0. The average Bonchev–Trinajstić information content (AvgIpc) is 3.25. The van der Waals surface area contributed by atoms with Gasteiger partial charge in [-0.1, -0.05) is 65.8 Å². The number of benzene rings is 2. The van der Waals surface area contributed by atoms with E-state index >= 15 is 0 Å². The standard InChI is InChI=1S/C28H30N6O2/c1-21-17-22(2)34(31-21)26-14-13-25(18-30-26)28(29)32-36-20-27(35)33(19-24-11-7-4-8-12-24)16-15-23-9-5-3-6-10-23/h3-14,17-18H,15-16,19-20H2,1-2H3,(H2,29,32). The molecule has 8 nitrogen and oxygen atoms in total. The molecule has 0 aliphatic rings. The maximum absolute atomic E-state index is 13.0. The normalized spacial score (nSPS) is 11.3. The van der Waals surface area contributed by atoms with E-state index in [-0.39, 0.29) is 18.3 Å². The molecule has 0 radical (unpaired) electrons. The van der Waals surface area contributed by atoms with Crippen LogP contribution in [0.15, 0.2) is 90.2 Å². The van der Waals surface area contributed by atoms with Gasteiger partial charge in [0.1, 0.15) is 0 Å². The van der Waals surface area contributed by atoms with Gasteiger partial charge in [-0.05, 0) is 49.6 Å². The van der Waals surface area contributed by atoms with Gasteiger partial charge in [0, 0.05) is 30.5 Å². The molecule has 184 valence electrons. The lowest BCUT2D eigenvalue weighted by molar-refractivity contribution is -0.136. The number of oxime groups is 1. The number of amidine groups is 1. The molecule has 4 aromatic rings. The van der Waals surface area contributed by atoms with Gasteiger partial charge >= 0.3 is 0 Å². The highest BCUT2D eigenvalue weighted by atomic mass is 16.6. The van der Waals surface area contributed by atoms with E-state index in [0.29, 0.717) is 24.5 Å². The van der Waals surface area contributed by atoms with Crippen molar-refractivity contribution in [3.05, 3.63) is 113 Å². The quantitative estimate of drug-likeness (QED) is 0.211. The molecule has 2 heterocycles. The minimum absolute atomic E-state index is 0.147. The van der Waals surface area contributed by atoms with Crippen molar-refractivity contribution in [2.24, 2.45) is 10.9 Å². The van der Waals surface area contributed by atoms with Crippen molar-refractivity contribution < 1.29 is 9.63 Å². The molecular formula is C28H30N6O2. The molecule has 8 heteroatoms. The van der Waals surface area contributed by atoms with E-state index in [9.17, 15) is 4.79 Å². The molecule has 0 saturated carbocycles. The molecule has 0 atom stereocenters. The fraction of sp³-hybridized carbons (Fsp3) is 0.214. The number of carbonyl (C=O) groups is 1. The Bertz CT molecular complexity index is 1300. The number of nitrogens with two attached hydrogens (primary N) is 1. The largest absolute Gasteiger partial charge is 0.384 e. The Hall–Kier alpha value is -4.46. The number of pyridine rings is 1. The van der Waals surface area contributed by atoms with Crippen LogP contribution in [0.4, 0.5) is 0 Å². The molecule has 4 rings (SSSR count). The molecule has 0 fully saturated rings. The van der Waals surface area contributed by atoms with Gasteiger partial charge in [-0.2, -0.15) is 5.10 Å². The first-order valence-corrected chi connectivity index (χ1v) is 11.8. The molecule has 0 aliphatic heterocycles. The van der Waals surface area contributed by atoms with E-state index in [1.807, 2.05) is 74.5 Å². The van der Waals surface area contributed by atoms with Gasteiger partial charge in [-0.25, -0.2) is 9.67 Å². The Morgan fingerprint density at radius 1 is 1.00 bits per heavy atom. The summed E-state index contributed by atoms with van der Waals surface area (Å²) in [5.41, 5.74) is 10.8. The van der Waals surface area contributed by atoms with Crippen molar-refractivity contribution in [1.29, 1.82) is 0 Å². The molecule has 0 unspecified atom stereocenters. The highest BCUT2D eigenvalue weighted by Gasteiger charge is 2.15. The molecule has 1 amide bonds. The highest BCUT2D eigenvalue weighted by Crippen LogP contribution is 2.11. The Kier molecular flexibility index (Phi) is 8.08. The van der Waals surface area contributed by atoms with Crippen LogP contribution in [0, 0.1) is 13.8 Å². The molecule has 0 spiro atoms. The van der Waals surface area contributed by atoms with Crippen LogP contribution in [0.25, 0.3) is 5.82 Å². The lowest BCUT2D eigenvalue weighted by Crippen LogP contribution is -2.35. The van der Waals surface area contributed by atoms with Gasteiger partial charge in [0.05, 0.1) is 5.69 Å². The molecule has 2 aromatic heterocycles. The summed E-state index contributed by atoms with van der Waals surface area (Å²) in [6.07, 6.45) is 2.36. The summed E-state index contributed by atoms with van der Waals surface area (Å²) >= 11 is 0. The number of rotatable bonds is 10.